The number of carbonyl (C=O) groups excluding carboxylic acids is 1. The van der Waals surface area contributed by atoms with Crippen molar-refractivity contribution in [3.63, 3.8) is 0 Å². The maximum Gasteiger partial charge on any atom is 0.233 e. The first-order valence-electron chi connectivity index (χ1n) is 5.53. The van der Waals surface area contributed by atoms with Crippen LogP contribution in [0.4, 0.5) is 0 Å². The lowest BCUT2D eigenvalue weighted by atomic mass is 10.1. The highest BCUT2D eigenvalue weighted by molar-refractivity contribution is 8.00. The lowest BCUT2D eigenvalue weighted by Gasteiger charge is -2.23. The molecule has 1 amide bonds. The van der Waals surface area contributed by atoms with Crippen LogP contribution >= 0.6 is 23.4 Å². The molecule has 1 rings (SSSR count). The summed E-state index contributed by atoms with van der Waals surface area (Å²) in [6, 6.07) is 7.56. The summed E-state index contributed by atoms with van der Waals surface area (Å²) in [5.74, 6) is 0.0300. The van der Waals surface area contributed by atoms with Crippen LogP contribution in [0.5, 0.6) is 0 Å². The van der Waals surface area contributed by atoms with Gasteiger partial charge in [0, 0.05) is 10.4 Å². The zero-order chi connectivity index (χ0) is 13.1. The van der Waals surface area contributed by atoms with Crippen LogP contribution < -0.4 is 5.32 Å². The molecule has 1 aromatic carbocycles. The highest BCUT2D eigenvalue weighted by Crippen LogP contribution is 2.30. The van der Waals surface area contributed by atoms with Crippen LogP contribution in [-0.4, -0.2) is 16.7 Å². The van der Waals surface area contributed by atoms with Crippen LogP contribution in [0, 0.1) is 0 Å². The van der Waals surface area contributed by atoms with E-state index >= 15 is 0 Å². The second-order valence-corrected chi connectivity index (χ2v) is 6.72. The van der Waals surface area contributed by atoms with E-state index in [2.05, 4.69) is 5.32 Å². The van der Waals surface area contributed by atoms with E-state index in [0.717, 1.165) is 4.90 Å². The molecule has 2 nitrogen and oxygen atoms in total. The summed E-state index contributed by atoms with van der Waals surface area (Å²) < 4.78 is 0. The zero-order valence-electron chi connectivity index (χ0n) is 10.6. The lowest BCUT2D eigenvalue weighted by molar-refractivity contribution is -0.121. The predicted molar refractivity (Wildman–Crippen MR) is 74.7 cm³/mol. The van der Waals surface area contributed by atoms with Crippen molar-refractivity contribution < 1.29 is 4.79 Å². The van der Waals surface area contributed by atoms with Crippen LogP contribution in [0.25, 0.3) is 0 Å². The fourth-order valence-electron chi connectivity index (χ4n) is 1.26. The maximum absolute atomic E-state index is 11.9. The molecule has 0 saturated carbocycles. The quantitative estimate of drug-likeness (QED) is 0.849. The molecule has 0 spiro atoms. The standard InChI is InChI=1S/C13H18ClNOS/c1-9(12(16)15-13(2,3)4)17-11-8-6-5-7-10(11)14/h5-9H,1-4H3,(H,15,16). The summed E-state index contributed by atoms with van der Waals surface area (Å²) in [4.78, 5) is 12.8. The summed E-state index contributed by atoms with van der Waals surface area (Å²) >= 11 is 7.53. The first-order chi connectivity index (χ1) is 7.79. The molecule has 0 bridgehead atoms. The molecule has 1 atom stereocenters. The Morgan fingerprint density at radius 3 is 2.47 bits per heavy atom. The molecule has 0 saturated heterocycles. The van der Waals surface area contributed by atoms with Gasteiger partial charge in [-0.1, -0.05) is 23.7 Å². The van der Waals surface area contributed by atoms with Crippen LogP contribution in [-0.2, 0) is 4.79 Å². The number of hydrogen-bond acceptors (Lipinski definition) is 2. The number of rotatable bonds is 3. The van der Waals surface area contributed by atoms with E-state index in [-0.39, 0.29) is 16.7 Å². The second-order valence-electron chi connectivity index (χ2n) is 4.93. The van der Waals surface area contributed by atoms with E-state index in [1.54, 1.807) is 0 Å². The van der Waals surface area contributed by atoms with Crippen molar-refractivity contribution in [2.24, 2.45) is 0 Å². The molecule has 0 aliphatic heterocycles. The van der Waals surface area contributed by atoms with Gasteiger partial charge >= 0.3 is 0 Å². The largest absolute Gasteiger partial charge is 0.351 e. The van der Waals surface area contributed by atoms with Crippen LogP contribution in [0.15, 0.2) is 29.2 Å². The van der Waals surface area contributed by atoms with E-state index in [1.807, 2.05) is 52.0 Å². The van der Waals surface area contributed by atoms with E-state index < -0.39 is 0 Å². The smallest absolute Gasteiger partial charge is 0.233 e. The van der Waals surface area contributed by atoms with Gasteiger partial charge in [-0.05, 0) is 39.8 Å². The van der Waals surface area contributed by atoms with Gasteiger partial charge in [0.05, 0.1) is 10.3 Å². The molecule has 1 unspecified atom stereocenters. The second kappa shape index (κ2) is 5.78. The topological polar surface area (TPSA) is 29.1 Å². The molecule has 1 N–H and O–H groups in total. The monoisotopic (exact) mass is 271 g/mol. The van der Waals surface area contributed by atoms with Crippen LogP contribution in [0.3, 0.4) is 0 Å². The molecular formula is C13H18ClNOS. The van der Waals surface area contributed by atoms with Gasteiger partial charge in [-0.2, -0.15) is 0 Å². The number of nitrogens with one attached hydrogen (secondary N) is 1. The molecule has 0 heterocycles. The predicted octanol–water partition coefficient (Wildman–Crippen LogP) is 3.74. The number of amides is 1. The normalized spacial score (nSPS) is 13.2. The van der Waals surface area contributed by atoms with Crippen molar-refractivity contribution in [2.75, 3.05) is 0 Å². The molecule has 0 aliphatic carbocycles. The average Bonchev–Trinajstić information content (AvgIpc) is 2.18. The summed E-state index contributed by atoms with van der Waals surface area (Å²) in [7, 11) is 0. The molecule has 0 aliphatic rings. The van der Waals surface area contributed by atoms with Gasteiger partial charge < -0.3 is 5.32 Å². The van der Waals surface area contributed by atoms with Gasteiger partial charge in [0.25, 0.3) is 0 Å². The number of hydrogen-bond donors (Lipinski definition) is 1. The minimum Gasteiger partial charge on any atom is -0.351 e. The van der Waals surface area contributed by atoms with Crippen LogP contribution in [0.1, 0.15) is 27.7 Å². The zero-order valence-corrected chi connectivity index (χ0v) is 12.2. The van der Waals surface area contributed by atoms with Crippen molar-refractivity contribution in [3.05, 3.63) is 29.3 Å². The van der Waals surface area contributed by atoms with Gasteiger partial charge in [0.15, 0.2) is 0 Å². The molecule has 94 valence electrons. The van der Waals surface area contributed by atoms with Gasteiger partial charge in [0.1, 0.15) is 0 Å². The van der Waals surface area contributed by atoms with E-state index in [1.165, 1.54) is 11.8 Å². The van der Waals surface area contributed by atoms with Crippen molar-refractivity contribution >= 4 is 29.3 Å². The third kappa shape index (κ3) is 5.00. The summed E-state index contributed by atoms with van der Waals surface area (Å²) in [6.07, 6.45) is 0. The summed E-state index contributed by atoms with van der Waals surface area (Å²) in [6.45, 7) is 7.79. The summed E-state index contributed by atoms with van der Waals surface area (Å²) in [5, 5.41) is 3.49. The average molecular weight is 272 g/mol. The van der Waals surface area contributed by atoms with Crippen molar-refractivity contribution in [3.8, 4) is 0 Å². The van der Waals surface area contributed by atoms with Crippen molar-refractivity contribution in [2.45, 2.75) is 43.4 Å². The van der Waals surface area contributed by atoms with E-state index in [4.69, 9.17) is 11.6 Å². The Labute approximate surface area is 112 Å². The Hall–Kier alpha value is -0.670. The molecule has 17 heavy (non-hydrogen) atoms. The van der Waals surface area contributed by atoms with Gasteiger partial charge in [-0.25, -0.2) is 0 Å². The number of thioether (sulfide) groups is 1. The number of benzene rings is 1. The fraction of sp³-hybridized carbons (Fsp3) is 0.462. The van der Waals surface area contributed by atoms with Crippen molar-refractivity contribution in [1.82, 2.24) is 5.32 Å². The first kappa shape index (κ1) is 14.4. The molecule has 1 aromatic rings. The highest BCUT2D eigenvalue weighted by Gasteiger charge is 2.20. The van der Waals surface area contributed by atoms with Gasteiger partial charge in [-0.15, -0.1) is 11.8 Å². The lowest BCUT2D eigenvalue weighted by Crippen LogP contribution is -2.44. The van der Waals surface area contributed by atoms with Crippen molar-refractivity contribution in [1.29, 1.82) is 0 Å². The molecule has 0 fully saturated rings. The fourth-order valence-corrected chi connectivity index (χ4v) is 2.41. The van der Waals surface area contributed by atoms with Crippen LogP contribution in [0.2, 0.25) is 5.02 Å². The van der Waals surface area contributed by atoms with E-state index in [0.29, 0.717) is 5.02 Å². The minimum absolute atomic E-state index is 0.0300. The van der Waals surface area contributed by atoms with E-state index in [9.17, 15) is 4.79 Å². The Balaban J connectivity index is 2.64. The van der Waals surface area contributed by atoms with Gasteiger partial charge in [0.2, 0.25) is 5.91 Å². The molecular weight excluding hydrogens is 254 g/mol. The van der Waals surface area contributed by atoms with Gasteiger partial charge in [-0.3, -0.25) is 4.79 Å². The minimum atomic E-state index is -0.202. The highest BCUT2D eigenvalue weighted by atomic mass is 35.5. The Morgan fingerprint density at radius 1 is 1.35 bits per heavy atom. The Kier molecular flexibility index (Phi) is 4.90. The third-order valence-corrected chi connectivity index (χ3v) is 3.63. The molecule has 0 radical (unpaired) electrons. The third-order valence-electron chi connectivity index (χ3n) is 2.01. The summed E-state index contributed by atoms with van der Waals surface area (Å²) in [5.41, 5.74) is -0.202. The Morgan fingerprint density at radius 2 is 1.94 bits per heavy atom. The SMILES string of the molecule is CC(Sc1ccccc1Cl)C(=O)NC(C)(C)C. The molecule has 4 heteroatoms. The number of carbonyl (C=O) groups is 1. The number of halogens is 1. The Bertz CT molecular complexity index is 401. The molecule has 0 aromatic heterocycles. The first-order valence-corrected chi connectivity index (χ1v) is 6.78. The maximum atomic E-state index is 11.9.